The van der Waals surface area contributed by atoms with Crippen LogP contribution in [0.1, 0.15) is 22.8 Å². The number of ketones is 1. The van der Waals surface area contributed by atoms with E-state index in [-0.39, 0.29) is 24.9 Å². The second-order valence-corrected chi connectivity index (χ2v) is 7.00. The Morgan fingerprint density at radius 3 is 2.82 bits per heavy atom. The highest BCUT2D eigenvalue weighted by molar-refractivity contribution is 9.10. The number of nitrogens with one attached hydrogen (secondary N) is 1. The molecular formula is C21H20BrNO5. The fraction of sp³-hybridized carbons (Fsp3) is 0.238. The molecule has 28 heavy (non-hydrogen) atoms. The molecule has 2 aromatic rings. The summed E-state index contributed by atoms with van der Waals surface area (Å²) in [7, 11) is 1.52. The molecule has 1 heterocycles. The van der Waals surface area contributed by atoms with Crippen molar-refractivity contribution in [1.29, 1.82) is 0 Å². The Kier molecular flexibility index (Phi) is 6.36. The minimum atomic E-state index is -0.203. The molecule has 1 aliphatic heterocycles. The predicted molar refractivity (Wildman–Crippen MR) is 109 cm³/mol. The van der Waals surface area contributed by atoms with Gasteiger partial charge in [-0.15, -0.1) is 0 Å². The number of carbonyl (C=O) groups is 2. The predicted octanol–water partition coefficient (Wildman–Crippen LogP) is 3.63. The van der Waals surface area contributed by atoms with Crippen LogP contribution >= 0.6 is 15.9 Å². The number of Topliss-reactive ketones (excluding diaryl/α,β-unsaturated/α-hetero) is 1. The summed E-state index contributed by atoms with van der Waals surface area (Å²) in [5.41, 5.74) is 1.84. The summed E-state index contributed by atoms with van der Waals surface area (Å²) < 4.78 is 17.4. The molecule has 0 saturated heterocycles. The van der Waals surface area contributed by atoms with Gasteiger partial charge in [-0.05, 0) is 48.9 Å². The monoisotopic (exact) mass is 445 g/mol. The Hall–Kier alpha value is -2.80. The van der Waals surface area contributed by atoms with Crippen LogP contribution in [0.2, 0.25) is 0 Å². The summed E-state index contributed by atoms with van der Waals surface area (Å²) in [5.74, 6) is 1.24. The lowest BCUT2D eigenvalue weighted by Gasteiger charge is -2.19. The van der Waals surface area contributed by atoms with Crippen LogP contribution < -0.4 is 19.5 Å². The molecule has 0 saturated carbocycles. The molecule has 0 aromatic heterocycles. The lowest BCUT2D eigenvalue weighted by Crippen LogP contribution is -2.28. The van der Waals surface area contributed by atoms with Crippen molar-refractivity contribution >= 4 is 33.7 Å². The lowest BCUT2D eigenvalue weighted by molar-refractivity contribution is -0.123. The summed E-state index contributed by atoms with van der Waals surface area (Å²) in [5, 5.41) is 2.67. The minimum absolute atomic E-state index is 0.0712. The maximum atomic E-state index is 12.8. The molecule has 7 heteroatoms. The first kappa shape index (κ1) is 19.9. The van der Waals surface area contributed by atoms with E-state index in [9.17, 15) is 9.59 Å². The number of methoxy groups -OCH3 is 1. The Morgan fingerprint density at radius 2 is 2.07 bits per heavy atom. The number of amides is 1. The standard InChI is InChI=1S/C21H20BrNO5/c1-3-23-20(24)12-28-18-6-4-13(9-19(18)26-2)8-14-11-27-17-7-5-15(22)10-16(17)21(14)25/h4-10H,3,11-12H2,1-2H3,(H,23,24)/b14-8+. The number of hydrogen-bond acceptors (Lipinski definition) is 5. The topological polar surface area (TPSA) is 73.9 Å². The fourth-order valence-corrected chi connectivity index (χ4v) is 3.15. The highest BCUT2D eigenvalue weighted by atomic mass is 79.9. The van der Waals surface area contributed by atoms with Crippen molar-refractivity contribution < 1.29 is 23.8 Å². The number of likely N-dealkylation sites (N-methyl/N-ethyl adjacent to an activating group) is 1. The van der Waals surface area contributed by atoms with Gasteiger partial charge in [0.25, 0.3) is 5.91 Å². The van der Waals surface area contributed by atoms with Crippen LogP contribution in [0.3, 0.4) is 0 Å². The van der Waals surface area contributed by atoms with Crippen LogP contribution in [0.15, 0.2) is 46.4 Å². The molecule has 1 N–H and O–H groups in total. The van der Waals surface area contributed by atoms with E-state index in [1.165, 1.54) is 7.11 Å². The van der Waals surface area contributed by atoms with Crippen LogP contribution in [0.4, 0.5) is 0 Å². The van der Waals surface area contributed by atoms with E-state index < -0.39 is 0 Å². The number of carbonyl (C=O) groups excluding carboxylic acids is 2. The van der Waals surface area contributed by atoms with Gasteiger partial charge in [0.05, 0.1) is 12.7 Å². The third kappa shape index (κ3) is 4.54. The molecule has 0 fully saturated rings. The average molecular weight is 446 g/mol. The molecule has 2 aromatic carbocycles. The Morgan fingerprint density at radius 1 is 1.25 bits per heavy atom. The molecule has 3 rings (SSSR count). The summed E-state index contributed by atoms with van der Waals surface area (Å²) in [6.07, 6.45) is 1.77. The molecule has 0 atom stereocenters. The van der Waals surface area contributed by atoms with Crippen molar-refractivity contribution in [1.82, 2.24) is 5.32 Å². The van der Waals surface area contributed by atoms with Gasteiger partial charge in [-0.25, -0.2) is 0 Å². The van der Waals surface area contributed by atoms with Crippen LogP contribution in [0, 0.1) is 0 Å². The summed E-state index contributed by atoms with van der Waals surface area (Å²) in [6, 6.07) is 10.6. The van der Waals surface area contributed by atoms with Crippen molar-refractivity contribution in [2.45, 2.75) is 6.92 Å². The number of ether oxygens (including phenoxy) is 3. The minimum Gasteiger partial charge on any atom is -0.493 e. The molecule has 0 unspecified atom stereocenters. The molecule has 6 nitrogen and oxygen atoms in total. The molecule has 146 valence electrons. The molecule has 0 aliphatic carbocycles. The van der Waals surface area contributed by atoms with E-state index in [1.807, 2.05) is 13.0 Å². The van der Waals surface area contributed by atoms with Gasteiger partial charge in [-0.1, -0.05) is 22.0 Å². The number of halogens is 1. The molecular weight excluding hydrogens is 426 g/mol. The molecule has 1 amide bonds. The first-order valence-corrected chi connectivity index (χ1v) is 9.56. The van der Waals surface area contributed by atoms with Gasteiger partial charge in [-0.3, -0.25) is 9.59 Å². The van der Waals surface area contributed by atoms with Gasteiger partial charge < -0.3 is 19.5 Å². The largest absolute Gasteiger partial charge is 0.493 e. The molecule has 1 aliphatic rings. The van der Waals surface area contributed by atoms with Crippen LogP contribution in [-0.4, -0.2) is 38.6 Å². The second-order valence-electron chi connectivity index (χ2n) is 6.08. The van der Waals surface area contributed by atoms with E-state index in [0.717, 1.165) is 10.0 Å². The van der Waals surface area contributed by atoms with Gasteiger partial charge in [0.2, 0.25) is 0 Å². The number of fused-ring (bicyclic) bond motifs is 1. The van der Waals surface area contributed by atoms with Crippen LogP contribution in [0.25, 0.3) is 6.08 Å². The van der Waals surface area contributed by atoms with Crippen molar-refractivity contribution in [2.75, 3.05) is 26.9 Å². The van der Waals surface area contributed by atoms with E-state index in [0.29, 0.717) is 34.9 Å². The van der Waals surface area contributed by atoms with Gasteiger partial charge in [0.15, 0.2) is 23.9 Å². The van der Waals surface area contributed by atoms with E-state index in [1.54, 1.807) is 36.4 Å². The summed E-state index contributed by atoms with van der Waals surface area (Å²) in [6.45, 7) is 2.49. The summed E-state index contributed by atoms with van der Waals surface area (Å²) in [4.78, 5) is 24.3. The normalized spacial score (nSPS) is 14.2. The highest BCUT2D eigenvalue weighted by Crippen LogP contribution is 2.32. The van der Waals surface area contributed by atoms with E-state index in [2.05, 4.69) is 21.2 Å². The molecule has 0 radical (unpaired) electrons. The molecule has 0 spiro atoms. The van der Waals surface area contributed by atoms with Gasteiger partial charge >= 0.3 is 0 Å². The number of benzene rings is 2. The van der Waals surface area contributed by atoms with Crippen molar-refractivity contribution in [3.05, 3.63) is 57.6 Å². The molecule has 0 bridgehead atoms. The van der Waals surface area contributed by atoms with Gasteiger partial charge in [0, 0.05) is 16.6 Å². The Bertz CT molecular complexity index is 938. The van der Waals surface area contributed by atoms with Crippen molar-refractivity contribution in [3.63, 3.8) is 0 Å². The lowest BCUT2D eigenvalue weighted by atomic mass is 9.98. The average Bonchev–Trinajstić information content (AvgIpc) is 2.69. The van der Waals surface area contributed by atoms with Crippen molar-refractivity contribution in [3.8, 4) is 17.2 Å². The maximum Gasteiger partial charge on any atom is 0.257 e. The second kappa shape index (κ2) is 8.93. The third-order valence-corrected chi connectivity index (χ3v) is 4.62. The highest BCUT2D eigenvalue weighted by Gasteiger charge is 2.23. The maximum absolute atomic E-state index is 12.8. The zero-order valence-electron chi connectivity index (χ0n) is 15.6. The smallest absolute Gasteiger partial charge is 0.257 e. The Labute approximate surface area is 171 Å². The van der Waals surface area contributed by atoms with E-state index in [4.69, 9.17) is 14.2 Å². The van der Waals surface area contributed by atoms with Crippen LogP contribution in [-0.2, 0) is 4.79 Å². The quantitative estimate of drug-likeness (QED) is 0.687. The van der Waals surface area contributed by atoms with Gasteiger partial charge in [-0.2, -0.15) is 0 Å². The van der Waals surface area contributed by atoms with E-state index >= 15 is 0 Å². The van der Waals surface area contributed by atoms with Gasteiger partial charge in [0.1, 0.15) is 12.4 Å². The zero-order chi connectivity index (χ0) is 20.1. The third-order valence-electron chi connectivity index (χ3n) is 4.12. The number of rotatable bonds is 6. The van der Waals surface area contributed by atoms with Crippen molar-refractivity contribution in [2.24, 2.45) is 0 Å². The first-order valence-electron chi connectivity index (χ1n) is 8.77. The Balaban J connectivity index is 1.80. The fourth-order valence-electron chi connectivity index (χ4n) is 2.79. The SMILES string of the molecule is CCNC(=O)COc1ccc(/C=C2\COc3ccc(Br)cc3C2=O)cc1OC. The zero-order valence-corrected chi connectivity index (χ0v) is 17.2. The van der Waals surface area contributed by atoms with Crippen LogP contribution in [0.5, 0.6) is 17.2 Å². The summed E-state index contributed by atoms with van der Waals surface area (Å²) >= 11 is 3.38. The first-order chi connectivity index (χ1) is 13.5. The number of hydrogen-bond donors (Lipinski definition) is 1.